The minimum absolute atomic E-state index is 0.163. The Morgan fingerprint density at radius 2 is 2.04 bits per heavy atom. The van der Waals surface area contributed by atoms with Gasteiger partial charge in [-0.15, -0.1) is 11.3 Å². The number of thiophene rings is 1. The van der Waals surface area contributed by atoms with Gasteiger partial charge >= 0.3 is 0 Å². The van der Waals surface area contributed by atoms with Gasteiger partial charge in [0.15, 0.2) is 0 Å². The highest BCUT2D eigenvalue weighted by Gasteiger charge is 2.12. The van der Waals surface area contributed by atoms with Crippen LogP contribution in [0.3, 0.4) is 0 Å². The van der Waals surface area contributed by atoms with Crippen LogP contribution in [-0.4, -0.2) is 34.8 Å². The Morgan fingerprint density at radius 3 is 2.78 bits per heavy atom. The van der Waals surface area contributed by atoms with E-state index >= 15 is 0 Å². The summed E-state index contributed by atoms with van der Waals surface area (Å²) in [5.41, 5.74) is 2.22. The second-order valence-corrected chi connectivity index (χ2v) is 5.87. The third-order valence-electron chi connectivity index (χ3n) is 3.47. The minimum Gasteiger partial charge on any atom is -0.494 e. The normalized spacial score (nSPS) is 10.9. The van der Waals surface area contributed by atoms with Crippen molar-refractivity contribution < 1.29 is 9.84 Å². The summed E-state index contributed by atoms with van der Waals surface area (Å²) in [4.78, 5) is 9.67. The fourth-order valence-corrected chi connectivity index (χ4v) is 3.32. The standard InChI is InChI=1S/C17H19N3O2S/c1-2-22-13-6-4-12(5-7-13)14-10-23-17-15(14)16(19-11-20-17)18-8-3-9-21/h4-7,10-11,21H,2-3,8-9H2,1H3,(H,18,19,20). The van der Waals surface area contributed by atoms with Crippen LogP contribution in [0.4, 0.5) is 5.82 Å². The molecular formula is C17H19N3O2S. The number of ether oxygens (including phenoxy) is 1. The van der Waals surface area contributed by atoms with E-state index in [-0.39, 0.29) is 6.61 Å². The van der Waals surface area contributed by atoms with Crippen molar-refractivity contribution in [3.63, 3.8) is 0 Å². The summed E-state index contributed by atoms with van der Waals surface area (Å²) < 4.78 is 5.50. The molecule has 0 saturated carbocycles. The Kier molecular flexibility index (Phi) is 5.05. The van der Waals surface area contributed by atoms with Crippen molar-refractivity contribution in [1.82, 2.24) is 9.97 Å². The lowest BCUT2D eigenvalue weighted by molar-refractivity contribution is 0.292. The van der Waals surface area contributed by atoms with Gasteiger partial charge in [0.2, 0.25) is 0 Å². The van der Waals surface area contributed by atoms with Gasteiger partial charge in [-0.1, -0.05) is 12.1 Å². The van der Waals surface area contributed by atoms with Gasteiger partial charge in [0, 0.05) is 24.1 Å². The van der Waals surface area contributed by atoms with Crippen molar-refractivity contribution >= 4 is 27.4 Å². The maximum atomic E-state index is 8.94. The smallest absolute Gasteiger partial charge is 0.138 e. The summed E-state index contributed by atoms with van der Waals surface area (Å²) in [6, 6.07) is 8.06. The molecule has 23 heavy (non-hydrogen) atoms. The molecule has 0 unspecified atom stereocenters. The Morgan fingerprint density at radius 1 is 1.22 bits per heavy atom. The summed E-state index contributed by atoms with van der Waals surface area (Å²) in [6.07, 6.45) is 2.26. The third kappa shape index (κ3) is 3.43. The van der Waals surface area contributed by atoms with Gasteiger partial charge in [-0.05, 0) is 31.0 Å². The van der Waals surface area contributed by atoms with E-state index in [1.54, 1.807) is 17.7 Å². The van der Waals surface area contributed by atoms with Crippen LogP contribution in [0.1, 0.15) is 13.3 Å². The lowest BCUT2D eigenvalue weighted by atomic mass is 10.1. The van der Waals surface area contributed by atoms with E-state index in [9.17, 15) is 0 Å². The van der Waals surface area contributed by atoms with Crippen molar-refractivity contribution in [3.05, 3.63) is 36.0 Å². The number of aliphatic hydroxyl groups excluding tert-OH is 1. The highest BCUT2D eigenvalue weighted by Crippen LogP contribution is 2.36. The monoisotopic (exact) mass is 329 g/mol. The maximum Gasteiger partial charge on any atom is 0.138 e. The molecule has 2 aromatic heterocycles. The first-order valence-electron chi connectivity index (χ1n) is 7.63. The Labute approximate surface area is 139 Å². The number of aliphatic hydroxyl groups is 1. The zero-order valence-electron chi connectivity index (χ0n) is 13.0. The molecule has 2 N–H and O–H groups in total. The molecule has 6 heteroatoms. The Hall–Kier alpha value is -2.18. The van der Waals surface area contributed by atoms with Gasteiger partial charge in [0.1, 0.15) is 22.7 Å². The number of nitrogens with zero attached hydrogens (tertiary/aromatic N) is 2. The van der Waals surface area contributed by atoms with Gasteiger partial charge in [0.25, 0.3) is 0 Å². The SMILES string of the molecule is CCOc1ccc(-c2csc3ncnc(NCCCO)c23)cc1. The van der Waals surface area contributed by atoms with Crippen LogP contribution in [0.15, 0.2) is 36.0 Å². The average molecular weight is 329 g/mol. The number of rotatable bonds is 7. The van der Waals surface area contributed by atoms with Crippen LogP contribution in [0.25, 0.3) is 21.3 Å². The van der Waals surface area contributed by atoms with E-state index in [4.69, 9.17) is 9.84 Å². The van der Waals surface area contributed by atoms with Crippen molar-refractivity contribution in [2.24, 2.45) is 0 Å². The number of anilines is 1. The fraction of sp³-hybridized carbons (Fsp3) is 0.294. The van der Waals surface area contributed by atoms with Crippen LogP contribution in [0.2, 0.25) is 0 Å². The molecule has 2 heterocycles. The summed E-state index contributed by atoms with van der Waals surface area (Å²) in [5, 5.41) is 15.4. The van der Waals surface area contributed by atoms with E-state index < -0.39 is 0 Å². The molecule has 0 aliphatic carbocycles. The Balaban J connectivity index is 1.96. The maximum absolute atomic E-state index is 8.94. The molecule has 0 aliphatic heterocycles. The number of aromatic nitrogens is 2. The van der Waals surface area contributed by atoms with E-state index in [1.165, 1.54) is 0 Å². The van der Waals surface area contributed by atoms with E-state index in [2.05, 4.69) is 32.8 Å². The lowest BCUT2D eigenvalue weighted by Crippen LogP contribution is -2.05. The number of fused-ring (bicyclic) bond motifs is 1. The topological polar surface area (TPSA) is 67.3 Å². The third-order valence-corrected chi connectivity index (χ3v) is 4.36. The number of benzene rings is 1. The summed E-state index contributed by atoms with van der Waals surface area (Å²) in [5.74, 6) is 1.68. The molecular weight excluding hydrogens is 310 g/mol. The summed E-state index contributed by atoms with van der Waals surface area (Å²) >= 11 is 1.60. The van der Waals surface area contributed by atoms with Gasteiger partial charge in [0.05, 0.1) is 12.0 Å². The molecule has 0 aliphatic rings. The van der Waals surface area contributed by atoms with Gasteiger partial charge in [-0.3, -0.25) is 0 Å². The molecule has 5 nitrogen and oxygen atoms in total. The average Bonchev–Trinajstić information content (AvgIpc) is 3.01. The molecule has 0 saturated heterocycles. The van der Waals surface area contributed by atoms with Gasteiger partial charge in [-0.25, -0.2) is 9.97 Å². The quantitative estimate of drug-likeness (QED) is 0.649. The lowest BCUT2D eigenvalue weighted by Gasteiger charge is -2.08. The van der Waals surface area contributed by atoms with Gasteiger partial charge in [-0.2, -0.15) is 0 Å². The van der Waals surface area contributed by atoms with Crippen molar-refractivity contribution in [2.45, 2.75) is 13.3 Å². The molecule has 0 amide bonds. The second-order valence-electron chi connectivity index (χ2n) is 5.01. The molecule has 0 fully saturated rings. The minimum atomic E-state index is 0.163. The van der Waals surface area contributed by atoms with E-state index in [0.717, 1.165) is 32.9 Å². The number of hydrogen-bond donors (Lipinski definition) is 2. The first-order valence-corrected chi connectivity index (χ1v) is 8.51. The first-order chi connectivity index (χ1) is 11.3. The largest absolute Gasteiger partial charge is 0.494 e. The fourth-order valence-electron chi connectivity index (χ4n) is 2.40. The number of hydrogen-bond acceptors (Lipinski definition) is 6. The van der Waals surface area contributed by atoms with Crippen LogP contribution in [0, 0.1) is 0 Å². The highest BCUT2D eigenvalue weighted by molar-refractivity contribution is 7.17. The van der Waals surface area contributed by atoms with E-state index in [1.807, 2.05) is 19.1 Å². The van der Waals surface area contributed by atoms with Crippen LogP contribution in [0.5, 0.6) is 5.75 Å². The predicted molar refractivity (Wildman–Crippen MR) is 94.2 cm³/mol. The molecule has 0 atom stereocenters. The van der Waals surface area contributed by atoms with Crippen molar-refractivity contribution in [1.29, 1.82) is 0 Å². The molecule has 1 aromatic carbocycles. The van der Waals surface area contributed by atoms with Crippen LogP contribution < -0.4 is 10.1 Å². The molecule has 0 bridgehead atoms. The summed E-state index contributed by atoms with van der Waals surface area (Å²) in [6.45, 7) is 3.48. The van der Waals surface area contributed by atoms with Crippen molar-refractivity contribution in [3.8, 4) is 16.9 Å². The molecule has 0 spiro atoms. The first kappa shape index (κ1) is 15.7. The molecule has 3 rings (SSSR count). The Bertz CT molecular complexity index is 771. The van der Waals surface area contributed by atoms with E-state index in [0.29, 0.717) is 19.6 Å². The highest BCUT2D eigenvalue weighted by atomic mass is 32.1. The van der Waals surface area contributed by atoms with Crippen LogP contribution in [-0.2, 0) is 0 Å². The molecule has 3 aromatic rings. The zero-order chi connectivity index (χ0) is 16.1. The van der Waals surface area contributed by atoms with Crippen LogP contribution >= 0.6 is 11.3 Å². The van der Waals surface area contributed by atoms with Crippen molar-refractivity contribution in [2.75, 3.05) is 25.1 Å². The molecule has 0 radical (unpaired) electrons. The van der Waals surface area contributed by atoms with Gasteiger partial charge < -0.3 is 15.2 Å². The second kappa shape index (κ2) is 7.39. The molecule has 120 valence electrons. The zero-order valence-corrected chi connectivity index (χ0v) is 13.8. The predicted octanol–water partition coefficient (Wildman–Crippen LogP) is 3.55. The summed E-state index contributed by atoms with van der Waals surface area (Å²) in [7, 11) is 0. The number of nitrogens with one attached hydrogen (secondary N) is 1.